The molecule has 1 aliphatic rings. The Morgan fingerprint density at radius 3 is 2.65 bits per heavy atom. The van der Waals surface area contributed by atoms with Crippen LogP contribution in [0.25, 0.3) is 11.3 Å². The second kappa shape index (κ2) is 6.20. The number of hydrogen-bond donors (Lipinski definition) is 1. The highest BCUT2D eigenvalue weighted by atomic mass is 16.5. The first kappa shape index (κ1) is 13.3. The molecule has 1 aromatic carbocycles. The van der Waals surface area contributed by atoms with E-state index >= 15 is 0 Å². The van der Waals surface area contributed by atoms with Crippen molar-refractivity contribution in [1.29, 1.82) is 0 Å². The summed E-state index contributed by atoms with van der Waals surface area (Å²) in [4.78, 5) is 2.40. The van der Waals surface area contributed by atoms with Crippen LogP contribution in [0, 0.1) is 0 Å². The highest BCUT2D eigenvalue weighted by Crippen LogP contribution is 2.21. The zero-order valence-electron chi connectivity index (χ0n) is 11.9. The molecule has 2 aromatic rings. The molecule has 20 heavy (non-hydrogen) atoms. The normalized spacial score (nSPS) is 16.4. The van der Waals surface area contributed by atoms with Gasteiger partial charge in [0.05, 0.1) is 5.69 Å². The van der Waals surface area contributed by atoms with Crippen molar-refractivity contribution in [2.45, 2.75) is 19.9 Å². The Morgan fingerprint density at radius 1 is 1.20 bits per heavy atom. The van der Waals surface area contributed by atoms with Crippen LogP contribution >= 0.6 is 0 Å². The van der Waals surface area contributed by atoms with E-state index in [1.54, 1.807) is 0 Å². The molecule has 1 aliphatic heterocycles. The molecular weight excluding hydrogens is 250 g/mol. The van der Waals surface area contributed by atoms with Gasteiger partial charge in [0, 0.05) is 44.4 Å². The minimum absolute atomic E-state index is 0.859. The summed E-state index contributed by atoms with van der Waals surface area (Å²) in [5, 5.41) is 7.55. The predicted octanol–water partition coefficient (Wildman–Crippen LogP) is 2.31. The number of benzene rings is 1. The van der Waals surface area contributed by atoms with Crippen molar-refractivity contribution >= 4 is 0 Å². The SMILES string of the molecule is CCc1ccc(-c2cc(CN3CCNCC3)no2)cc1. The molecule has 2 heterocycles. The molecule has 1 aromatic heterocycles. The molecule has 4 nitrogen and oxygen atoms in total. The number of aryl methyl sites for hydroxylation is 1. The average molecular weight is 271 g/mol. The molecule has 0 amide bonds. The van der Waals surface area contributed by atoms with Gasteiger partial charge in [-0.25, -0.2) is 0 Å². The number of piperazine rings is 1. The van der Waals surface area contributed by atoms with E-state index in [9.17, 15) is 0 Å². The molecule has 0 aliphatic carbocycles. The zero-order valence-corrected chi connectivity index (χ0v) is 11.9. The van der Waals surface area contributed by atoms with E-state index in [2.05, 4.69) is 52.6 Å². The fourth-order valence-electron chi connectivity index (χ4n) is 2.53. The van der Waals surface area contributed by atoms with Gasteiger partial charge in [0.15, 0.2) is 5.76 Å². The summed E-state index contributed by atoms with van der Waals surface area (Å²) in [5.41, 5.74) is 3.46. The minimum Gasteiger partial charge on any atom is -0.356 e. The molecule has 4 heteroatoms. The smallest absolute Gasteiger partial charge is 0.167 e. The summed E-state index contributed by atoms with van der Waals surface area (Å²) < 4.78 is 5.47. The molecular formula is C16H21N3O. The van der Waals surface area contributed by atoms with Gasteiger partial charge in [-0.05, 0) is 12.0 Å². The first-order chi connectivity index (χ1) is 9.85. The average Bonchev–Trinajstić information content (AvgIpc) is 2.97. The van der Waals surface area contributed by atoms with Crippen molar-refractivity contribution < 1.29 is 4.52 Å². The van der Waals surface area contributed by atoms with Crippen molar-refractivity contribution in [3.63, 3.8) is 0 Å². The van der Waals surface area contributed by atoms with Crippen molar-refractivity contribution in [3.8, 4) is 11.3 Å². The van der Waals surface area contributed by atoms with E-state index < -0.39 is 0 Å². The fraction of sp³-hybridized carbons (Fsp3) is 0.438. The Balaban J connectivity index is 1.68. The van der Waals surface area contributed by atoms with Crippen LogP contribution in [0.15, 0.2) is 34.9 Å². The van der Waals surface area contributed by atoms with Crippen LogP contribution in [-0.2, 0) is 13.0 Å². The summed E-state index contributed by atoms with van der Waals surface area (Å²) in [5.74, 6) is 0.859. The maximum Gasteiger partial charge on any atom is 0.167 e. The maximum absolute atomic E-state index is 5.47. The molecule has 0 saturated carbocycles. The lowest BCUT2D eigenvalue weighted by Crippen LogP contribution is -2.42. The molecule has 0 bridgehead atoms. The van der Waals surface area contributed by atoms with Crippen molar-refractivity contribution in [2.75, 3.05) is 26.2 Å². The van der Waals surface area contributed by atoms with Crippen LogP contribution in [0.5, 0.6) is 0 Å². The minimum atomic E-state index is 0.859. The van der Waals surface area contributed by atoms with Gasteiger partial charge in [-0.15, -0.1) is 0 Å². The van der Waals surface area contributed by atoms with Crippen LogP contribution in [-0.4, -0.2) is 36.2 Å². The predicted molar refractivity (Wildman–Crippen MR) is 79.5 cm³/mol. The Hall–Kier alpha value is -1.65. The van der Waals surface area contributed by atoms with Crippen LogP contribution in [0.2, 0.25) is 0 Å². The Bertz CT molecular complexity index is 541. The van der Waals surface area contributed by atoms with E-state index in [4.69, 9.17) is 4.52 Å². The van der Waals surface area contributed by atoms with Crippen molar-refractivity contribution in [1.82, 2.24) is 15.4 Å². The van der Waals surface area contributed by atoms with Crippen LogP contribution in [0.1, 0.15) is 18.2 Å². The molecule has 0 radical (unpaired) electrons. The van der Waals surface area contributed by atoms with Gasteiger partial charge in [0.1, 0.15) is 0 Å². The van der Waals surface area contributed by atoms with Gasteiger partial charge in [-0.3, -0.25) is 4.90 Å². The molecule has 1 saturated heterocycles. The standard InChI is InChI=1S/C16H21N3O/c1-2-13-3-5-14(6-4-13)16-11-15(18-20-16)12-19-9-7-17-8-10-19/h3-6,11,17H,2,7-10,12H2,1H3. The van der Waals surface area contributed by atoms with Gasteiger partial charge < -0.3 is 9.84 Å². The second-order valence-corrected chi connectivity index (χ2v) is 5.26. The lowest BCUT2D eigenvalue weighted by atomic mass is 10.1. The Kier molecular flexibility index (Phi) is 4.14. The molecule has 0 atom stereocenters. The van der Waals surface area contributed by atoms with E-state index in [-0.39, 0.29) is 0 Å². The monoisotopic (exact) mass is 271 g/mol. The number of hydrogen-bond acceptors (Lipinski definition) is 4. The first-order valence-corrected chi connectivity index (χ1v) is 7.33. The Labute approximate surface area is 119 Å². The Morgan fingerprint density at radius 2 is 1.95 bits per heavy atom. The highest BCUT2D eigenvalue weighted by Gasteiger charge is 2.13. The van der Waals surface area contributed by atoms with E-state index in [1.165, 1.54) is 5.56 Å². The lowest BCUT2D eigenvalue weighted by Gasteiger charge is -2.25. The van der Waals surface area contributed by atoms with Crippen LogP contribution < -0.4 is 5.32 Å². The molecule has 1 N–H and O–H groups in total. The lowest BCUT2D eigenvalue weighted by molar-refractivity contribution is 0.227. The zero-order chi connectivity index (χ0) is 13.8. The van der Waals surface area contributed by atoms with E-state index in [1.807, 2.05) is 0 Å². The molecule has 1 fully saturated rings. The van der Waals surface area contributed by atoms with Gasteiger partial charge in [0.25, 0.3) is 0 Å². The summed E-state index contributed by atoms with van der Waals surface area (Å²) in [6, 6.07) is 10.6. The van der Waals surface area contributed by atoms with E-state index in [0.717, 1.165) is 56.2 Å². The summed E-state index contributed by atoms with van der Waals surface area (Å²) in [7, 11) is 0. The largest absolute Gasteiger partial charge is 0.356 e. The van der Waals surface area contributed by atoms with Gasteiger partial charge in [-0.1, -0.05) is 36.3 Å². The third kappa shape index (κ3) is 3.08. The number of nitrogens with one attached hydrogen (secondary N) is 1. The number of nitrogens with zero attached hydrogens (tertiary/aromatic N) is 2. The van der Waals surface area contributed by atoms with Gasteiger partial charge in [-0.2, -0.15) is 0 Å². The molecule has 0 unspecified atom stereocenters. The van der Waals surface area contributed by atoms with Crippen LogP contribution in [0.3, 0.4) is 0 Å². The number of aromatic nitrogens is 1. The van der Waals surface area contributed by atoms with Gasteiger partial charge >= 0.3 is 0 Å². The van der Waals surface area contributed by atoms with E-state index in [0.29, 0.717) is 0 Å². The summed E-state index contributed by atoms with van der Waals surface area (Å²) in [6.45, 7) is 7.31. The molecule has 106 valence electrons. The molecule has 0 spiro atoms. The summed E-state index contributed by atoms with van der Waals surface area (Å²) in [6.07, 6.45) is 1.06. The quantitative estimate of drug-likeness (QED) is 0.926. The highest BCUT2D eigenvalue weighted by molar-refractivity contribution is 5.57. The van der Waals surface area contributed by atoms with Crippen molar-refractivity contribution in [3.05, 3.63) is 41.6 Å². The van der Waals surface area contributed by atoms with Gasteiger partial charge in [0.2, 0.25) is 0 Å². The summed E-state index contributed by atoms with van der Waals surface area (Å²) >= 11 is 0. The first-order valence-electron chi connectivity index (χ1n) is 7.33. The third-order valence-electron chi connectivity index (χ3n) is 3.80. The molecule has 3 rings (SSSR count). The fourth-order valence-corrected chi connectivity index (χ4v) is 2.53. The van der Waals surface area contributed by atoms with Crippen LogP contribution in [0.4, 0.5) is 0 Å². The topological polar surface area (TPSA) is 41.3 Å². The van der Waals surface area contributed by atoms with Crippen molar-refractivity contribution in [2.24, 2.45) is 0 Å². The maximum atomic E-state index is 5.47. The third-order valence-corrected chi connectivity index (χ3v) is 3.80. The number of rotatable bonds is 4. The second-order valence-electron chi connectivity index (χ2n) is 5.26.